The van der Waals surface area contributed by atoms with Crippen LogP contribution in [0.1, 0.15) is 41.0 Å². The van der Waals surface area contributed by atoms with Gasteiger partial charge in [-0.1, -0.05) is 34.6 Å². The quantitative estimate of drug-likeness (QED) is 0.776. The maximum Gasteiger partial charge on any atom is 0.239 e. The number of rotatable bonds is 4. The Labute approximate surface area is 94.0 Å². The smallest absolute Gasteiger partial charge is 0.239 e. The Hall–Kier alpha value is -0.570. The van der Waals surface area contributed by atoms with Crippen LogP contribution in [0.3, 0.4) is 0 Å². The second-order valence-electron chi connectivity index (χ2n) is 5.79. The summed E-state index contributed by atoms with van der Waals surface area (Å²) in [4.78, 5) is 13.6. The Morgan fingerprint density at radius 3 is 2.13 bits per heavy atom. The lowest BCUT2D eigenvalue weighted by Gasteiger charge is -2.30. The lowest BCUT2D eigenvalue weighted by atomic mass is 9.86. The summed E-state index contributed by atoms with van der Waals surface area (Å²) in [7, 11) is 1.83. The molecule has 0 rings (SSSR count). The normalized spacial score (nSPS) is 14.1. The zero-order valence-corrected chi connectivity index (χ0v) is 11.0. The van der Waals surface area contributed by atoms with E-state index in [-0.39, 0.29) is 11.3 Å². The zero-order valence-electron chi connectivity index (χ0n) is 11.0. The summed E-state index contributed by atoms with van der Waals surface area (Å²) in [6.07, 6.45) is 1.03. The van der Waals surface area contributed by atoms with Gasteiger partial charge < -0.3 is 10.6 Å². The standard InChI is InChI=1S/C12H26N2O/c1-9(2)7-8-14(6)11(15)10(13)12(3,4)5/h9-10H,7-8,13H2,1-6H3/t10-/m0/s1. The Balaban J connectivity index is 4.20. The van der Waals surface area contributed by atoms with Crippen LogP contribution in [0.25, 0.3) is 0 Å². The highest BCUT2D eigenvalue weighted by atomic mass is 16.2. The number of hydrogen-bond acceptors (Lipinski definition) is 2. The summed E-state index contributed by atoms with van der Waals surface area (Å²) in [5.74, 6) is 0.661. The van der Waals surface area contributed by atoms with Gasteiger partial charge in [-0.15, -0.1) is 0 Å². The van der Waals surface area contributed by atoms with E-state index < -0.39 is 6.04 Å². The Morgan fingerprint density at radius 1 is 1.33 bits per heavy atom. The largest absolute Gasteiger partial charge is 0.344 e. The molecule has 0 aliphatic carbocycles. The topological polar surface area (TPSA) is 46.3 Å². The second-order valence-corrected chi connectivity index (χ2v) is 5.79. The van der Waals surface area contributed by atoms with Crippen molar-refractivity contribution in [2.45, 2.75) is 47.1 Å². The third-order valence-corrected chi connectivity index (χ3v) is 2.62. The highest BCUT2D eigenvalue weighted by molar-refractivity contribution is 5.82. The van der Waals surface area contributed by atoms with E-state index in [4.69, 9.17) is 5.73 Å². The van der Waals surface area contributed by atoms with Gasteiger partial charge in [0.15, 0.2) is 0 Å². The van der Waals surface area contributed by atoms with Crippen molar-refractivity contribution in [2.75, 3.05) is 13.6 Å². The van der Waals surface area contributed by atoms with Crippen LogP contribution in [0.5, 0.6) is 0 Å². The molecule has 0 spiro atoms. The van der Waals surface area contributed by atoms with Crippen LogP contribution in [-0.2, 0) is 4.79 Å². The third-order valence-electron chi connectivity index (χ3n) is 2.62. The molecule has 0 saturated carbocycles. The number of nitrogens with two attached hydrogens (primary N) is 1. The third kappa shape index (κ3) is 5.17. The Kier molecular flexibility index (Phi) is 5.29. The van der Waals surface area contributed by atoms with Gasteiger partial charge in [-0.2, -0.15) is 0 Å². The lowest BCUT2D eigenvalue weighted by Crippen LogP contribution is -2.49. The van der Waals surface area contributed by atoms with E-state index >= 15 is 0 Å². The van der Waals surface area contributed by atoms with Gasteiger partial charge in [-0.3, -0.25) is 4.79 Å². The average Bonchev–Trinajstić information content (AvgIpc) is 2.10. The van der Waals surface area contributed by atoms with Crippen molar-refractivity contribution in [3.05, 3.63) is 0 Å². The van der Waals surface area contributed by atoms with Crippen molar-refractivity contribution in [1.82, 2.24) is 4.90 Å². The first-order valence-electron chi connectivity index (χ1n) is 5.66. The predicted octanol–water partition coefficient (Wildman–Crippen LogP) is 1.86. The van der Waals surface area contributed by atoms with Crippen molar-refractivity contribution < 1.29 is 4.79 Å². The molecule has 0 heterocycles. The molecule has 2 N–H and O–H groups in total. The van der Waals surface area contributed by atoms with Gasteiger partial charge in [-0.05, 0) is 17.8 Å². The Bertz CT molecular complexity index is 206. The maximum absolute atomic E-state index is 11.9. The molecule has 3 nitrogen and oxygen atoms in total. The van der Waals surface area contributed by atoms with Crippen molar-refractivity contribution in [1.29, 1.82) is 0 Å². The number of carbonyl (C=O) groups excluding carboxylic acids is 1. The maximum atomic E-state index is 11.9. The van der Waals surface area contributed by atoms with Crippen molar-refractivity contribution in [3.63, 3.8) is 0 Å². The van der Waals surface area contributed by atoms with Gasteiger partial charge in [0.05, 0.1) is 6.04 Å². The molecular formula is C12H26N2O. The van der Waals surface area contributed by atoms with Crippen LogP contribution in [0.15, 0.2) is 0 Å². The van der Waals surface area contributed by atoms with Gasteiger partial charge in [0.1, 0.15) is 0 Å². The average molecular weight is 214 g/mol. The molecule has 0 aliphatic heterocycles. The molecule has 1 amide bonds. The van der Waals surface area contributed by atoms with Crippen LogP contribution in [0.4, 0.5) is 0 Å². The van der Waals surface area contributed by atoms with Crippen LogP contribution in [0, 0.1) is 11.3 Å². The number of hydrogen-bond donors (Lipinski definition) is 1. The van der Waals surface area contributed by atoms with Crippen molar-refractivity contribution in [2.24, 2.45) is 17.1 Å². The van der Waals surface area contributed by atoms with Crippen molar-refractivity contribution in [3.8, 4) is 0 Å². The summed E-state index contributed by atoms with van der Waals surface area (Å²) in [5.41, 5.74) is 5.75. The molecule has 0 bridgehead atoms. The second kappa shape index (κ2) is 5.50. The molecule has 0 aromatic carbocycles. The minimum atomic E-state index is -0.408. The zero-order chi connectivity index (χ0) is 12.2. The first-order chi connectivity index (χ1) is 6.66. The summed E-state index contributed by atoms with van der Waals surface area (Å²) < 4.78 is 0. The molecule has 0 unspecified atom stereocenters. The van der Waals surface area contributed by atoms with E-state index in [1.807, 2.05) is 27.8 Å². The van der Waals surface area contributed by atoms with Gasteiger partial charge in [-0.25, -0.2) is 0 Å². The van der Waals surface area contributed by atoms with E-state index in [1.165, 1.54) is 0 Å². The highest BCUT2D eigenvalue weighted by Gasteiger charge is 2.29. The van der Waals surface area contributed by atoms with E-state index in [0.29, 0.717) is 5.92 Å². The Morgan fingerprint density at radius 2 is 1.80 bits per heavy atom. The lowest BCUT2D eigenvalue weighted by molar-refractivity contribution is -0.133. The van der Waals surface area contributed by atoms with Gasteiger partial charge in [0.2, 0.25) is 5.91 Å². The van der Waals surface area contributed by atoms with Crippen LogP contribution < -0.4 is 5.73 Å². The monoisotopic (exact) mass is 214 g/mol. The fourth-order valence-corrected chi connectivity index (χ4v) is 1.17. The molecule has 3 heteroatoms. The van der Waals surface area contributed by atoms with Gasteiger partial charge in [0.25, 0.3) is 0 Å². The molecule has 0 fully saturated rings. The summed E-state index contributed by atoms with van der Waals surface area (Å²) in [6, 6.07) is -0.408. The van der Waals surface area contributed by atoms with Gasteiger partial charge in [0, 0.05) is 13.6 Å². The molecule has 0 saturated heterocycles. The van der Waals surface area contributed by atoms with E-state index in [1.54, 1.807) is 4.90 Å². The predicted molar refractivity (Wildman–Crippen MR) is 64.5 cm³/mol. The first-order valence-corrected chi connectivity index (χ1v) is 5.66. The summed E-state index contributed by atoms with van der Waals surface area (Å²) in [6.45, 7) is 11.1. The van der Waals surface area contributed by atoms with E-state index in [0.717, 1.165) is 13.0 Å². The van der Waals surface area contributed by atoms with E-state index in [9.17, 15) is 4.79 Å². The van der Waals surface area contributed by atoms with Crippen LogP contribution in [-0.4, -0.2) is 30.4 Å². The molecule has 0 aromatic heterocycles. The number of nitrogens with zero attached hydrogens (tertiary/aromatic N) is 1. The van der Waals surface area contributed by atoms with E-state index in [2.05, 4.69) is 13.8 Å². The van der Waals surface area contributed by atoms with Crippen LogP contribution >= 0.6 is 0 Å². The number of amides is 1. The van der Waals surface area contributed by atoms with Crippen LogP contribution in [0.2, 0.25) is 0 Å². The summed E-state index contributed by atoms with van der Waals surface area (Å²) in [5, 5.41) is 0. The number of carbonyl (C=O) groups is 1. The molecular weight excluding hydrogens is 188 g/mol. The summed E-state index contributed by atoms with van der Waals surface area (Å²) >= 11 is 0. The molecule has 15 heavy (non-hydrogen) atoms. The minimum Gasteiger partial charge on any atom is -0.344 e. The molecule has 1 atom stereocenters. The van der Waals surface area contributed by atoms with Crippen molar-refractivity contribution >= 4 is 5.91 Å². The molecule has 0 aromatic rings. The highest BCUT2D eigenvalue weighted by Crippen LogP contribution is 2.18. The minimum absolute atomic E-state index is 0.0446. The number of likely N-dealkylation sites (N-methyl/N-ethyl adjacent to an activating group) is 1. The SMILES string of the molecule is CC(C)CCN(C)C(=O)[C@H](N)C(C)(C)C. The molecule has 0 aliphatic rings. The van der Waals surface area contributed by atoms with Gasteiger partial charge >= 0.3 is 0 Å². The fraction of sp³-hybridized carbons (Fsp3) is 0.917. The molecule has 90 valence electrons. The molecule has 0 radical (unpaired) electrons. The fourth-order valence-electron chi connectivity index (χ4n) is 1.17. The first kappa shape index (κ1) is 14.4.